The number of benzene rings is 1. The Balaban J connectivity index is 1.84. The number of nitrogens with zero attached hydrogens (tertiary/aromatic N) is 3. The Labute approximate surface area is 177 Å². The first-order valence-corrected chi connectivity index (χ1v) is 10.2. The van der Waals surface area contributed by atoms with Gasteiger partial charge < -0.3 is 4.90 Å². The van der Waals surface area contributed by atoms with E-state index in [-0.39, 0.29) is 16.2 Å². The molecule has 1 aliphatic heterocycles. The quantitative estimate of drug-likeness (QED) is 0.506. The van der Waals surface area contributed by atoms with E-state index < -0.39 is 17.8 Å². The third kappa shape index (κ3) is 3.78. The Bertz CT molecular complexity index is 1100. The second kappa shape index (κ2) is 7.61. The van der Waals surface area contributed by atoms with E-state index in [4.69, 9.17) is 11.6 Å². The van der Waals surface area contributed by atoms with E-state index in [9.17, 15) is 18.0 Å². The molecule has 0 spiro atoms. The van der Waals surface area contributed by atoms with Gasteiger partial charge in [-0.2, -0.15) is 18.3 Å². The van der Waals surface area contributed by atoms with E-state index in [0.717, 1.165) is 29.0 Å². The van der Waals surface area contributed by atoms with Gasteiger partial charge >= 0.3 is 6.18 Å². The number of amides is 1. The largest absolute Gasteiger partial charge is 0.433 e. The van der Waals surface area contributed by atoms with E-state index in [1.807, 2.05) is 19.1 Å². The van der Waals surface area contributed by atoms with Crippen molar-refractivity contribution < 1.29 is 18.0 Å². The van der Waals surface area contributed by atoms with E-state index in [1.165, 1.54) is 0 Å². The lowest BCUT2D eigenvalue weighted by Gasteiger charge is -2.29. The van der Waals surface area contributed by atoms with Crippen molar-refractivity contribution in [2.45, 2.75) is 32.9 Å². The zero-order valence-electron chi connectivity index (χ0n) is 16.6. The maximum absolute atomic E-state index is 13.8. The lowest BCUT2D eigenvalue weighted by Crippen LogP contribution is -2.38. The monoisotopic (exact) mass is 435 g/mol. The van der Waals surface area contributed by atoms with Crippen molar-refractivity contribution in [3.8, 4) is 11.1 Å². The summed E-state index contributed by atoms with van der Waals surface area (Å²) in [5.41, 5.74) is 0.950. The molecule has 1 amide bonds. The van der Waals surface area contributed by atoms with Crippen LogP contribution < -0.4 is 0 Å². The maximum Gasteiger partial charge on any atom is 0.433 e. The molecule has 4 nitrogen and oxygen atoms in total. The number of carbonyl (C=O) groups excluding carboxylic acids is 1. The zero-order chi connectivity index (χ0) is 21.6. The summed E-state index contributed by atoms with van der Waals surface area (Å²) in [6.45, 7) is 5.11. The molecule has 30 heavy (non-hydrogen) atoms. The topological polar surface area (TPSA) is 37.6 Å². The molecule has 1 saturated heterocycles. The third-order valence-electron chi connectivity index (χ3n) is 5.62. The molecule has 0 aliphatic carbocycles. The maximum atomic E-state index is 13.8. The minimum atomic E-state index is -4.66. The van der Waals surface area contributed by atoms with Crippen LogP contribution in [0.1, 0.15) is 41.5 Å². The van der Waals surface area contributed by atoms with Crippen LogP contribution in [0.2, 0.25) is 5.02 Å². The van der Waals surface area contributed by atoms with Gasteiger partial charge in [-0.15, -0.1) is 0 Å². The number of alkyl halides is 3. The molecule has 1 aliphatic rings. The number of rotatable bonds is 2. The average molecular weight is 436 g/mol. The summed E-state index contributed by atoms with van der Waals surface area (Å²) in [7, 11) is 0. The normalized spacial score (nSPS) is 15.7. The number of carbonyl (C=O) groups is 1. The number of fused-ring (bicyclic) bond motifs is 1. The number of pyridine rings is 1. The number of piperidine rings is 1. The molecular weight excluding hydrogens is 415 g/mol. The van der Waals surface area contributed by atoms with Crippen LogP contribution in [-0.4, -0.2) is 33.5 Å². The van der Waals surface area contributed by atoms with Crippen molar-refractivity contribution in [1.82, 2.24) is 14.5 Å². The van der Waals surface area contributed by atoms with Crippen molar-refractivity contribution >= 4 is 23.0 Å². The first-order chi connectivity index (χ1) is 14.1. The molecule has 2 aromatic heterocycles. The molecule has 0 N–H and O–H groups in total. The van der Waals surface area contributed by atoms with Crippen LogP contribution in [0.25, 0.3) is 16.6 Å². The third-order valence-corrected chi connectivity index (χ3v) is 5.99. The van der Waals surface area contributed by atoms with Gasteiger partial charge in [0.15, 0.2) is 5.69 Å². The van der Waals surface area contributed by atoms with Crippen molar-refractivity contribution in [1.29, 1.82) is 0 Å². The van der Waals surface area contributed by atoms with Gasteiger partial charge in [-0.1, -0.05) is 48.4 Å². The molecule has 0 saturated carbocycles. The second-order valence-electron chi connectivity index (χ2n) is 7.93. The highest BCUT2D eigenvalue weighted by molar-refractivity contribution is 6.36. The van der Waals surface area contributed by atoms with Gasteiger partial charge in [-0.25, -0.2) is 4.52 Å². The second-order valence-corrected chi connectivity index (χ2v) is 8.31. The molecule has 3 aromatic rings. The number of halogens is 4. The zero-order valence-corrected chi connectivity index (χ0v) is 17.4. The van der Waals surface area contributed by atoms with Crippen LogP contribution in [0.15, 0.2) is 36.4 Å². The lowest BCUT2D eigenvalue weighted by molar-refractivity contribution is -0.142. The summed E-state index contributed by atoms with van der Waals surface area (Å²) in [4.78, 5) is 14.5. The molecular formula is C22H21ClF3N3O. The molecule has 3 heterocycles. The number of likely N-dealkylation sites (tertiary alicyclic amines) is 1. The fourth-order valence-electron chi connectivity index (χ4n) is 3.73. The van der Waals surface area contributed by atoms with E-state index >= 15 is 0 Å². The number of aryl methyl sites for hydroxylation is 1. The molecule has 8 heteroatoms. The summed E-state index contributed by atoms with van der Waals surface area (Å²) in [6.07, 6.45) is -2.96. The van der Waals surface area contributed by atoms with Gasteiger partial charge in [0, 0.05) is 13.1 Å². The van der Waals surface area contributed by atoms with Crippen LogP contribution in [0.4, 0.5) is 13.2 Å². The molecule has 1 aromatic carbocycles. The average Bonchev–Trinajstić information content (AvgIpc) is 3.04. The molecule has 158 valence electrons. The molecule has 0 bridgehead atoms. The van der Waals surface area contributed by atoms with Gasteiger partial charge in [-0.05, 0) is 48.9 Å². The van der Waals surface area contributed by atoms with Gasteiger partial charge in [-0.3, -0.25) is 4.79 Å². The van der Waals surface area contributed by atoms with Crippen LogP contribution >= 0.6 is 11.6 Å². The smallest absolute Gasteiger partial charge is 0.337 e. The molecule has 0 unspecified atom stereocenters. The van der Waals surface area contributed by atoms with Crippen molar-refractivity contribution in [3.63, 3.8) is 0 Å². The molecule has 4 rings (SSSR count). The van der Waals surface area contributed by atoms with Gasteiger partial charge in [0.25, 0.3) is 5.91 Å². The van der Waals surface area contributed by atoms with Crippen molar-refractivity contribution in [2.24, 2.45) is 5.92 Å². The van der Waals surface area contributed by atoms with Gasteiger partial charge in [0.1, 0.15) is 5.69 Å². The summed E-state index contributed by atoms with van der Waals surface area (Å²) >= 11 is 6.41. The fourth-order valence-corrected chi connectivity index (χ4v) is 3.98. The van der Waals surface area contributed by atoms with E-state index in [2.05, 4.69) is 12.0 Å². The van der Waals surface area contributed by atoms with Crippen molar-refractivity contribution in [2.75, 3.05) is 13.1 Å². The highest BCUT2D eigenvalue weighted by Crippen LogP contribution is 2.36. The summed E-state index contributed by atoms with van der Waals surface area (Å²) < 4.78 is 42.2. The number of hydrogen-bond acceptors (Lipinski definition) is 2. The first kappa shape index (κ1) is 20.7. The van der Waals surface area contributed by atoms with E-state index in [1.54, 1.807) is 23.1 Å². The summed E-state index contributed by atoms with van der Waals surface area (Å²) in [5.74, 6) is 0.0834. The fraction of sp³-hybridized carbons (Fsp3) is 0.364. The van der Waals surface area contributed by atoms with E-state index in [0.29, 0.717) is 30.1 Å². The van der Waals surface area contributed by atoms with Gasteiger partial charge in [0.05, 0.1) is 10.5 Å². The Hall–Kier alpha value is -2.54. The minimum Gasteiger partial charge on any atom is -0.337 e. The van der Waals surface area contributed by atoms with Crippen molar-refractivity contribution in [3.05, 3.63) is 58.4 Å². The predicted octanol–water partition coefficient (Wildman–Crippen LogP) is 5.85. The van der Waals surface area contributed by atoms with Crippen LogP contribution in [0.3, 0.4) is 0 Å². The standard InChI is InChI=1S/C22H21ClF3N3O/c1-13-3-5-15(6-4-13)16-11-17-19(23)20(21(30)28-9-7-14(2)8-10-28)27-29(17)18(12-16)22(24,25)26/h3-6,11-12,14H,7-10H2,1-2H3. The lowest BCUT2D eigenvalue weighted by atomic mass is 9.99. The molecule has 0 atom stereocenters. The summed E-state index contributed by atoms with van der Waals surface area (Å²) in [6, 6.07) is 9.76. The van der Waals surface area contributed by atoms with Gasteiger partial charge in [0.2, 0.25) is 0 Å². The Kier molecular flexibility index (Phi) is 5.26. The molecule has 0 radical (unpaired) electrons. The highest BCUT2D eigenvalue weighted by atomic mass is 35.5. The Morgan fingerprint density at radius 2 is 1.73 bits per heavy atom. The van der Waals surface area contributed by atoms with Crippen LogP contribution in [0, 0.1) is 12.8 Å². The SMILES string of the molecule is Cc1ccc(-c2cc(C(F)(F)F)n3nc(C(=O)N4CCC(C)CC4)c(Cl)c3c2)cc1. The number of aromatic nitrogens is 2. The minimum absolute atomic E-state index is 0.0573. The highest BCUT2D eigenvalue weighted by Gasteiger charge is 2.36. The summed E-state index contributed by atoms with van der Waals surface area (Å²) in [5, 5.41) is 3.94. The predicted molar refractivity (Wildman–Crippen MR) is 110 cm³/mol. The number of hydrogen-bond donors (Lipinski definition) is 0. The van der Waals surface area contributed by atoms with Crippen LogP contribution in [-0.2, 0) is 6.18 Å². The first-order valence-electron chi connectivity index (χ1n) is 9.81. The van der Waals surface area contributed by atoms with Crippen LogP contribution in [0.5, 0.6) is 0 Å². The Morgan fingerprint density at radius 3 is 2.33 bits per heavy atom. The molecule has 1 fully saturated rings. The Morgan fingerprint density at radius 1 is 1.10 bits per heavy atom.